The first-order valence-corrected chi connectivity index (χ1v) is 7.12. The van der Waals surface area contributed by atoms with Crippen molar-refractivity contribution in [1.29, 1.82) is 0 Å². The molecule has 0 aliphatic heterocycles. The van der Waals surface area contributed by atoms with Crippen LogP contribution in [0.25, 0.3) is 0 Å². The third-order valence-corrected chi connectivity index (χ3v) is 3.60. The first-order chi connectivity index (χ1) is 8.22. The van der Waals surface area contributed by atoms with Gasteiger partial charge in [-0.3, -0.25) is 4.79 Å². The molecule has 1 aliphatic rings. The predicted molar refractivity (Wildman–Crippen MR) is 69.7 cm³/mol. The summed E-state index contributed by atoms with van der Waals surface area (Å²) < 4.78 is 5.53. The number of ether oxygens (including phenoxy) is 1. The summed E-state index contributed by atoms with van der Waals surface area (Å²) in [5.41, 5.74) is 5.49. The summed E-state index contributed by atoms with van der Waals surface area (Å²) in [5.74, 6) is 0.516. The second-order valence-corrected chi connectivity index (χ2v) is 5.32. The Morgan fingerprint density at radius 2 is 1.88 bits per heavy atom. The lowest BCUT2D eigenvalue weighted by atomic mass is 10.0. The Balaban J connectivity index is 2.14. The molecule has 0 radical (unpaired) electrons. The van der Waals surface area contributed by atoms with Gasteiger partial charge in [-0.05, 0) is 51.0 Å². The highest BCUT2D eigenvalue weighted by Crippen LogP contribution is 2.20. The zero-order valence-corrected chi connectivity index (χ0v) is 11.1. The van der Waals surface area contributed by atoms with Gasteiger partial charge in [-0.15, -0.1) is 0 Å². The third-order valence-electron chi connectivity index (χ3n) is 3.60. The fourth-order valence-corrected chi connectivity index (χ4v) is 2.40. The molecule has 0 aromatic rings. The Bertz CT molecular complexity index is 210. The summed E-state index contributed by atoms with van der Waals surface area (Å²) in [4.78, 5) is 11.7. The molecule has 1 rings (SSSR count). The van der Waals surface area contributed by atoms with Gasteiger partial charge in [-0.2, -0.15) is 0 Å². The maximum absolute atomic E-state index is 11.7. The Morgan fingerprint density at radius 1 is 1.24 bits per heavy atom. The lowest BCUT2D eigenvalue weighted by Gasteiger charge is -2.16. The first-order valence-electron chi connectivity index (χ1n) is 7.12. The molecular formula is C14H27NO2. The van der Waals surface area contributed by atoms with Crippen LogP contribution in [-0.2, 0) is 9.53 Å². The topological polar surface area (TPSA) is 52.3 Å². The minimum Gasteiger partial charge on any atom is -0.462 e. The second-order valence-electron chi connectivity index (χ2n) is 5.32. The molecule has 3 nitrogen and oxygen atoms in total. The van der Waals surface area contributed by atoms with Crippen LogP contribution in [0.2, 0.25) is 0 Å². The molecule has 100 valence electrons. The van der Waals surface area contributed by atoms with Crippen LogP contribution in [0.4, 0.5) is 0 Å². The summed E-state index contributed by atoms with van der Waals surface area (Å²) in [5, 5.41) is 0. The minimum absolute atomic E-state index is 0.0132. The minimum atomic E-state index is -0.0132. The van der Waals surface area contributed by atoms with E-state index in [4.69, 9.17) is 10.5 Å². The van der Waals surface area contributed by atoms with Gasteiger partial charge in [0.25, 0.3) is 0 Å². The van der Waals surface area contributed by atoms with Gasteiger partial charge >= 0.3 is 5.97 Å². The van der Waals surface area contributed by atoms with E-state index >= 15 is 0 Å². The summed E-state index contributed by atoms with van der Waals surface area (Å²) in [6.45, 7) is 2.85. The third kappa shape index (κ3) is 6.67. The Labute approximate surface area is 105 Å². The van der Waals surface area contributed by atoms with Crippen molar-refractivity contribution >= 4 is 5.97 Å². The number of carbonyl (C=O) groups excluding carboxylic acids is 1. The molecule has 0 saturated heterocycles. The van der Waals surface area contributed by atoms with Gasteiger partial charge in [-0.1, -0.05) is 19.8 Å². The lowest BCUT2D eigenvalue weighted by Crippen LogP contribution is -2.18. The smallest absolute Gasteiger partial charge is 0.306 e. The van der Waals surface area contributed by atoms with Crippen molar-refractivity contribution in [2.24, 2.45) is 11.7 Å². The monoisotopic (exact) mass is 241 g/mol. The highest BCUT2D eigenvalue weighted by atomic mass is 16.5. The zero-order chi connectivity index (χ0) is 12.5. The zero-order valence-electron chi connectivity index (χ0n) is 11.1. The van der Waals surface area contributed by atoms with Gasteiger partial charge in [0.1, 0.15) is 6.10 Å². The van der Waals surface area contributed by atoms with Crippen molar-refractivity contribution in [2.75, 3.05) is 6.54 Å². The highest BCUT2D eigenvalue weighted by molar-refractivity contribution is 5.69. The van der Waals surface area contributed by atoms with E-state index in [0.29, 0.717) is 18.9 Å². The van der Waals surface area contributed by atoms with Crippen molar-refractivity contribution in [1.82, 2.24) is 0 Å². The van der Waals surface area contributed by atoms with E-state index in [1.54, 1.807) is 0 Å². The molecule has 0 amide bonds. The Kier molecular flexibility index (Phi) is 7.25. The van der Waals surface area contributed by atoms with Crippen LogP contribution in [0, 0.1) is 5.92 Å². The van der Waals surface area contributed by atoms with Gasteiger partial charge in [0, 0.05) is 6.42 Å². The van der Waals surface area contributed by atoms with Crippen LogP contribution >= 0.6 is 0 Å². The normalized spacial score (nSPS) is 19.6. The van der Waals surface area contributed by atoms with Gasteiger partial charge in [-0.25, -0.2) is 0 Å². The number of hydrogen-bond acceptors (Lipinski definition) is 3. The van der Waals surface area contributed by atoms with Crippen molar-refractivity contribution in [3.63, 3.8) is 0 Å². The van der Waals surface area contributed by atoms with Crippen molar-refractivity contribution in [3.8, 4) is 0 Å². The van der Waals surface area contributed by atoms with E-state index in [1.165, 1.54) is 25.7 Å². The number of nitrogens with two attached hydrogens (primary N) is 1. The fraction of sp³-hybridized carbons (Fsp3) is 0.929. The van der Waals surface area contributed by atoms with Crippen LogP contribution in [-0.4, -0.2) is 18.6 Å². The molecule has 3 heteroatoms. The van der Waals surface area contributed by atoms with Gasteiger partial charge in [0.15, 0.2) is 0 Å². The molecule has 0 bridgehead atoms. The number of carbonyl (C=O) groups is 1. The van der Waals surface area contributed by atoms with E-state index in [2.05, 4.69) is 6.92 Å². The van der Waals surface area contributed by atoms with Crippen LogP contribution < -0.4 is 5.73 Å². The van der Waals surface area contributed by atoms with Gasteiger partial charge in [0.05, 0.1) is 0 Å². The molecule has 1 saturated carbocycles. The number of esters is 1. The molecule has 1 atom stereocenters. The van der Waals surface area contributed by atoms with E-state index in [1.807, 2.05) is 0 Å². The molecule has 0 heterocycles. The maximum atomic E-state index is 11.7. The SMILES string of the molecule is CC(CCN)CCC(=O)OC1CCCCCC1. The second kappa shape index (κ2) is 8.51. The highest BCUT2D eigenvalue weighted by Gasteiger charge is 2.16. The fourth-order valence-electron chi connectivity index (χ4n) is 2.40. The summed E-state index contributed by atoms with van der Waals surface area (Å²) >= 11 is 0. The molecule has 2 N–H and O–H groups in total. The maximum Gasteiger partial charge on any atom is 0.306 e. The quantitative estimate of drug-likeness (QED) is 0.574. The summed E-state index contributed by atoms with van der Waals surface area (Å²) in [6.07, 6.45) is 9.77. The molecule has 0 spiro atoms. The largest absolute Gasteiger partial charge is 0.462 e. The Hall–Kier alpha value is -0.570. The van der Waals surface area contributed by atoms with E-state index in [0.717, 1.165) is 25.7 Å². The van der Waals surface area contributed by atoms with Crippen LogP contribution in [0.3, 0.4) is 0 Å². The number of hydrogen-bond donors (Lipinski definition) is 1. The molecule has 0 aromatic heterocycles. The first kappa shape index (κ1) is 14.5. The van der Waals surface area contributed by atoms with Crippen LogP contribution in [0.15, 0.2) is 0 Å². The van der Waals surface area contributed by atoms with Crippen molar-refractivity contribution in [2.45, 2.75) is 70.8 Å². The van der Waals surface area contributed by atoms with Crippen molar-refractivity contribution in [3.05, 3.63) is 0 Å². The molecule has 17 heavy (non-hydrogen) atoms. The van der Waals surface area contributed by atoms with Gasteiger partial charge in [0.2, 0.25) is 0 Å². The summed E-state index contributed by atoms with van der Waals surface area (Å²) in [6, 6.07) is 0. The molecule has 1 aliphatic carbocycles. The molecule has 1 fully saturated rings. The Morgan fingerprint density at radius 3 is 2.47 bits per heavy atom. The summed E-state index contributed by atoms with van der Waals surface area (Å²) in [7, 11) is 0. The molecule has 0 aromatic carbocycles. The van der Waals surface area contributed by atoms with Crippen molar-refractivity contribution < 1.29 is 9.53 Å². The number of rotatable bonds is 6. The predicted octanol–water partition coefficient (Wildman–Crippen LogP) is 3.02. The average molecular weight is 241 g/mol. The van der Waals surface area contributed by atoms with E-state index in [9.17, 15) is 4.79 Å². The molecular weight excluding hydrogens is 214 g/mol. The van der Waals surface area contributed by atoms with Crippen LogP contribution in [0.1, 0.15) is 64.7 Å². The van der Waals surface area contributed by atoms with E-state index in [-0.39, 0.29) is 12.1 Å². The standard InChI is InChI=1S/C14H27NO2/c1-12(10-11-15)8-9-14(16)17-13-6-4-2-3-5-7-13/h12-13H,2-11,15H2,1H3. The van der Waals surface area contributed by atoms with Crippen LogP contribution in [0.5, 0.6) is 0 Å². The average Bonchev–Trinajstić information content (AvgIpc) is 2.55. The molecule has 1 unspecified atom stereocenters. The van der Waals surface area contributed by atoms with Gasteiger partial charge < -0.3 is 10.5 Å². The van der Waals surface area contributed by atoms with E-state index < -0.39 is 0 Å². The lowest BCUT2D eigenvalue weighted by molar-refractivity contribution is -0.150.